The first-order valence-corrected chi connectivity index (χ1v) is 11.3. The smallest absolute Gasteiger partial charge is 0.269 e. The molecule has 1 atom stereocenters. The van der Waals surface area contributed by atoms with Gasteiger partial charge in [0.15, 0.2) is 0 Å². The molecule has 3 rings (SSSR count). The van der Waals surface area contributed by atoms with Gasteiger partial charge in [-0.1, -0.05) is 26.2 Å². The van der Waals surface area contributed by atoms with Crippen LogP contribution in [0.2, 0.25) is 0 Å². The van der Waals surface area contributed by atoms with Crippen molar-refractivity contribution in [2.45, 2.75) is 49.7 Å². The van der Waals surface area contributed by atoms with Gasteiger partial charge in [0.25, 0.3) is 11.8 Å². The van der Waals surface area contributed by atoms with Crippen molar-refractivity contribution in [1.82, 2.24) is 10.9 Å². The highest BCUT2D eigenvalue weighted by Crippen LogP contribution is 2.35. The van der Waals surface area contributed by atoms with Crippen LogP contribution in [-0.4, -0.2) is 29.6 Å². The van der Waals surface area contributed by atoms with E-state index in [1.54, 1.807) is 42.5 Å². The fraction of sp³-hybridized carbons (Fsp3) is 0.348. The third-order valence-electron chi connectivity index (χ3n) is 4.85. The molecule has 0 aromatic heterocycles. The molecule has 1 unspecified atom stereocenters. The minimum atomic E-state index is -0.471. The van der Waals surface area contributed by atoms with Crippen LogP contribution in [0, 0.1) is 0 Å². The zero-order valence-electron chi connectivity index (χ0n) is 17.7. The highest BCUT2D eigenvalue weighted by Gasteiger charge is 2.23. The zero-order chi connectivity index (χ0) is 22.2. The second-order valence-electron chi connectivity index (χ2n) is 7.30. The number of carbonyl (C=O) groups excluding carboxylic acids is 3. The van der Waals surface area contributed by atoms with E-state index in [0.29, 0.717) is 29.2 Å². The molecule has 1 aliphatic rings. The lowest BCUT2D eigenvalue weighted by Gasteiger charge is -2.21. The highest BCUT2D eigenvalue weighted by atomic mass is 32.2. The van der Waals surface area contributed by atoms with Gasteiger partial charge >= 0.3 is 0 Å². The Hall–Kier alpha value is -3.00. The van der Waals surface area contributed by atoms with Crippen molar-refractivity contribution in [1.29, 1.82) is 0 Å². The summed E-state index contributed by atoms with van der Waals surface area (Å²) in [5.74, 6) is -0.295. The van der Waals surface area contributed by atoms with Crippen LogP contribution in [0.4, 0.5) is 5.69 Å². The number of hydrazine groups is 1. The van der Waals surface area contributed by atoms with Crippen molar-refractivity contribution < 1.29 is 19.1 Å². The van der Waals surface area contributed by atoms with Crippen molar-refractivity contribution >= 4 is 35.2 Å². The molecule has 31 heavy (non-hydrogen) atoms. The summed E-state index contributed by atoms with van der Waals surface area (Å²) < 4.78 is 5.67. The first-order chi connectivity index (χ1) is 15.0. The summed E-state index contributed by atoms with van der Waals surface area (Å²) in [5, 5.41) is 2.61. The predicted octanol–water partition coefficient (Wildman–Crippen LogP) is 4.15. The Morgan fingerprint density at radius 2 is 1.68 bits per heavy atom. The van der Waals surface area contributed by atoms with Crippen molar-refractivity contribution in [2.75, 3.05) is 11.9 Å². The number of hydrogen-bond donors (Lipinski definition) is 3. The van der Waals surface area contributed by atoms with Crippen LogP contribution in [0.1, 0.15) is 60.2 Å². The standard InChI is InChI=1S/C23H27N3O4S/c1-3-4-5-6-13-30-18-10-7-16(8-11-18)22(28)25-26-23(29)17-9-12-20-19(14-17)24-21(27)15(2)31-20/h7-12,14-15H,3-6,13H2,1-2H3,(H,24,27)(H,25,28)(H,26,29). The normalized spacial score (nSPS) is 14.9. The lowest BCUT2D eigenvalue weighted by molar-refractivity contribution is -0.115. The topological polar surface area (TPSA) is 96.5 Å². The Morgan fingerprint density at radius 3 is 2.39 bits per heavy atom. The fourth-order valence-electron chi connectivity index (χ4n) is 3.03. The summed E-state index contributed by atoms with van der Waals surface area (Å²) in [6, 6.07) is 11.8. The van der Waals surface area contributed by atoms with E-state index < -0.39 is 11.8 Å². The molecule has 2 aromatic carbocycles. The molecule has 3 amide bonds. The Kier molecular flexibility index (Phi) is 7.94. The SMILES string of the molecule is CCCCCCOc1ccc(C(=O)NNC(=O)c2ccc3c(c2)NC(=O)C(C)S3)cc1. The monoisotopic (exact) mass is 441 g/mol. The Morgan fingerprint density at radius 1 is 1.00 bits per heavy atom. The molecule has 164 valence electrons. The summed E-state index contributed by atoms with van der Waals surface area (Å²) >= 11 is 1.44. The molecule has 0 spiro atoms. The summed E-state index contributed by atoms with van der Waals surface area (Å²) in [6.45, 7) is 4.64. The Balaban J connectivity index is 1.49. The van der Waals surface area contributed by atoms with Crippen molar-refractivity contribution in [3.8, 4) is 5.75 Å². The van der Waals surface area contributed by atoms with Gasteiger partial charge in [-0.05, 0) is 55.8 Å². The number of carbonyl (C=O) groups is 3. The minimum absolute atomic E-state index is 0.100. The third-order valence-corrected chi connectivity index (χ3v) is 6.02. The fourth-order valence-corrected chi connectivity index (χ4v) is 3.96. The molecular formula is C23H27N3O4S. The summed E-state index contributed by atoms with van der Waals surface area (Å²) in [5.41, 5.74) is 6.14. The van der Waals surface area contributed by atoms with Crippen LogP contribution < -0.4 is 20.9 Å². The molecule has 0 saturated carbocycles. The van der Waals surface area contributed by atoms with Gasteiger partial charge < -0.3 is 10.1 Å². The maximum absolute atomic E-state index is 12.4. The van der Waals surface area contributed by atoms with E-state index in [2.05, 4.69) is 23.1 Å². The number of rotatable bonds is 8. The number of anilines is 1. The molecule has 0 radical (unpaired) electrons. The highest BCUT2D eigenvalue weighted by molar-refractivity contribution is 8.00. The average Bonchev–Trinajstić information content (AvgIpc) is 2.78. The number of ether oxygens (including phenoxy) is 1. The molecule has 8 heteroatoms. The third kappa shape index (κ3) is 6.24. The van der Waals surface area contributed by atoms with Crippen molar-refractivity contribution in [2.24, 2.45) is 0 Å². The number of nitrogens with one attached hydrogen (secondary N) is 3. The number of thioether (sulfide) groups is 1. The number of benzene rings is 2. The van der Waals surface area contributed by atoms with Crippen molar-refractivity contribution in [3.05, 3.63) is 53.6 Å². The summed E-state index contributed by atoms with van der Waals surface area (Å²) in [7, 11) is 0. The molecular weight excluding hydrogens is 414 g/mol. The first kappa shape index (κ1) is 22.7. The molecule has 1 aliphatic heterocycles. The lowest BCUT2D eigenvalue weighted by atomic mass is 10.2. The van der Waals surface area contributed by atoms with Crippen LogP contribution in [0.25, 0.3) is 0 Å². The van der Waals surface area contributed by atoms with Gasteiger partial charge in [-0.25, -0.2) is 0 Å². The van der Waals surface area contributed by atoms with E-state index in [1.807, 2.05) is 6.92 Å². The van der Waals surface area contributed by atoms with Gasteiger partial charge in [-0.3, -0.25) is 25.2 Å². The quantitative estimate of drug-likeness (QED) is 0.422. The van der Waals surface area contributed by atoms with Gasteiger partial charge in [0.05, 0.1) is 17.5 Å². The predicted molar refractivity (Wildman–Crippen MR) is 121 cm³/mol. The molecule has 0 bridgehead atoms. The number of unbranched alkanes of at least 4 members (excludes halogenated alkanes) is 3. The van der Waals surface area contributed by atoms with Gasteiger partial charge in [0.1, 0.15) is 5.75 Å². The van der Waals surface area contributed by atoms with Crippen LogP contribution >= 0.6 is 11.8 Å². The Labute approximate surface area is 186 Å². The van der Waals surface area contributed by atoms with E-state index in [0.717, 1.165) is 17.7 Å². The van der Waals surface area contributed by atoms with Crippen LogP contribution in [0.3, 0.4) is 0 Å². The lowest BCUT2D eigenvalue weighted by Crippen LogP contribution is -2.41. The average molecular weight is 442 g/mol. The van der Waals surface area contributed by atoms with E-state index in [1.165, 1.54) is 24.6 Å². The number of amides is 3. The van der Waals surface area contributed by atoms with Gasteiger partial charge in [-0.15, -0.1) is 11.8 Å². The number of fused-ring (bicyclic) bond motifs is 1. The minimum Gasteiger partial charge on any atom is -0.494 e. The second kappa shape index (κ2) is 10.9. The van der Waals surface area contributed by atoms with E-state index in [9.17, 15) is 14.4 Å². The van der Waals surface area contributed by atoms with Crippen LogP contribution in [0.15, 0.2) is 47.4 Å². The molecule has 2 aromatic rings. The second-order valence-corrected chi connectivity index (χ2v) is 8.68. The maximum Gasteiger partial charge on any atom is 0.269 e. The largest absolute Gasteiger partial charge is 0.494 e. The van der Waals surface area contributed by atoms with Crippen molar-refractivity contribution in [3.63, 3.8) is 0 Å². The van der Waals surface area contributed by atoms with E-state index in [-0.39, 0.29) is 11.2 Å². The summed E-state index contributed by atoms with van der Waals surface area (Å²) in [4.78, 5) is 37.4. The molecule has 0 aliphatic carbocycles. The van der Waals surface area contributed by atoms with Crippen LogP contribution in [-0.2, 0) is 4.79 Å². The molecule has 1 heterocycles. The van der Waals surface area contributed by atoms with E-state index in [4.69, 9.17) is 4.74 Å². The molecule has 7 nitrogen and oxygen atoms in total. The number of hydrogen-bond acceptors (Lipinski definition) is 5. The Bertz CT molecular complexity index is 946. The zero-order valence-corrected chi connectivity index (χ0v) is 18.5. The van der Waals surface area contributed by atoms with Gasteiger partial charge in [-0.2, -0.15) is 0 Å². The molecule has 0 saturated heterocycles. The van der Waals surface area contributed by atoms with Gasteiger partial charge in [0.2, 0.25) is 5.91 Å². The van der Waals surface area contributed by atoms with E-state index >= 15 is 0 Å². The van der Waals surface area contributed by atoms with Crippen LogP contribution in [0.5, 0.6) is 5.75 Å². The molecule has 3 N–H and O–H groups in total. The summed E-state index contributed by atoms with van der Waals surface area (Å²) in [6.07, 6.45) is 4.53. The first-order valence-electron chi connectivity index (χ1n) is 10.4. The van der Waals surface area contributed by atoms with Gasteiger partial charge in [0, 0.05) is 16.0 Å². The maximum atomic E-state index is 12.4. The molecule has 0 fully saturated rings.